The van der Waals surface area contributed by atoms with Gasteiger partial charge in [-0.05, 0) is 13.3 Å². The van der Waals surface area contributed by atoms with Crippen molar-refractivity contribution in [2.24, 2.45) is 0 Å². The Kier molecular flexibility index (Phi) is 5.06. The highest BCUT2D eigenvalue weighted by molar-refractivity contribution is 5.60. The van der Waals surface area contributed by atoms with Crippen LogP contribution in [0.15, 0.2) is 9.59 Å². The van der Waals surface area contributed by atoms with Crippen LogP contribution < -0.4 is 22.3 Å². The summed E-state index contributed by atoms with van der Waals surface area (Å²) in [6.07, 6.45) is 1.76. The lowest BCUT2D eigenvalue weighted by molar-refractivity contribution is 0.605. The maximum Gasteiger partial charge on any atom is 0.330 e. The predicted octanol–water partition coefficient (Wildman–Crippen LogP) is 0.354. The smallest absolute Gasteiger partial charge is 0.330 e. The van der Waals surface area contributed by atoms with Crippen LogP contribution in [-0.2, 0) is 6.54 Å². The minimum Gasteiger partial charge on any atom is -0.383 e. The van der Waals surface area contributed by atoms with Crippen molar-refractivity contribution in [2.45, 2.75) is 33.2 Å². The minimum absolute atomic E-state index is 0.162. The van der Waals surface area contributed by atoms with E-state index in [4.69, 9.17) is 5.73 Å². The molecule has 98 valence electrons. The number of hydrogen-bond acceptors (Lipinski definition) is 4. The average molecular weight is 250 g/mol. The molecule has 1 rings (SSSR count). The van der Waals surface area contributed by atoms with Crippen LogP contribution in [0.5, 0.6) is 0 Å². The molecule has 6 heteroatoms. The molecule has 1 aromatic heterocycles. The number of nitrogens with one attached hydrogen (secondary N) is 2. The van der Waals surface area contributed by atoms with Crippen LogP contribution in [0.25, 0.3) is 0 Å². The van der Waals surface area contributed by atoms with Crippen LogP contribution in [0.4, 0.5) is 11.5 Å². The van der Waals surface area contributed by atoms with Crippen LogP contribution >= 0.6 is 0 Å². The summed E-state index contributed by atoms with van der Waals surface area (Å²) in [7, 11) is 0. The minimum atomic E-state index is -0.511. The van der Waals surface area contributed by atoms with Crippen molar-refractivity contribution in [1.82, 2.24) is 9.55 Å². The first kappa shape index (κ1) is 13.9. The number of aromatic amines is 1. The molecule has 0 atom stereocenters. The second-order valence-corrected chi connectivity index (χ2v) is 3.81. The number of nitrogens with two attached hydrogens (primary N) is 1. The second kappa shape index (κ2) is 6.55. The van der Waals surface area contributed by atoms with E-state index in [2.05, 4.69) is 22.1 Å². The lowest BCUT2D eigenvalue weighted by Gasteiger charge is -2.12. The topological polar surface area (TPSA) is 92.9 Å². The molecular formula is C12H18N4O2. The molecular weight excluding hydrogens is 232 g/mol. The molecule has 0 aliphatic heterocycles. The van der Waals surface area contributed by atoms with E-state index < -0.39 is 11.2 Å². The van der Waals surface area contributed by atoms with Crippen molar-refractivity contribution in [1.29, 1.82) is 0 Å². The summed E-state index contributed by atoms with van der Waals surface area (Å²) in [6, 6.07) is 0. The highest BCUT2D eigenvalue weighted by Gasteiger charge is 2.10. The summed E-state index contributed by atoms with van der Waals surface area (Å²) in [5, 5.41) is 2.82. The fourth-order valence-electron chi connectivity index (χ4n) is 1.52. The Bertz CT molecular complexity index is 574. The van der Waals surface area contributed by atoms with Gasteiger partial charge in [0.1, 0.15) is 11.5 Å². The Balaban J connectivity index is 3.12. The van der Waals surface area contributed by atoms with Gasteiger partial charge >= 0.3 is 5.69 Å². The summed E-state index contributed by atoms with van der Waals surface area (Å²) in [4.78, 5) is 25.5. The Morgan fingerprint density at radius 3 is 2.78 bits per heavy atom. The van der Waals surface area contributed by atoms with Crippen molar-refractivity contribution in [2.75, 3.05) is 17.6 Å². The van der Waals surface area contributed by atoms with Crippen LogP contribution in [0.2, 0.25) is 0 Å². The Morgan fingerprint density at radius 1 is 1.44 bits per heavy atom. The summed E-state index contributed by atoms with van der Waals surface area (Å²) in [5.74, 6) is 5.64. The van der Waals surface area contributed by atoms with E-state index in [1.807, 2.05) is 6.92 Å². The zero-order chi connectivity index (χ0) is 13.5. The van der Waals surface area contributed by atoms with E-state index in [1.165, 1.54) is 4.57 Å². The first-order chi connectivity index (χ1) is 8.61. The largest absolute Gasteiger partial charge is 0.383 e. The molecule has 0 spiro atoms. The number of aromatic nitrogens is 2. The third kappa shape index (κ3) is 3.17. The number of nitrogen functional groups attached to an aromatic ring is 1. The second-order valence-electron chi connectivity index (χ2n) is 3.81. The van der Waals surface area contributed by atoms with Gasteiger partial charge in [0.25, 0.3) is 5.56 Å². The fraction of sp³-hybridized carbons (Fsp3) is 0.500. The molecule has 0 bridgehead atoms. The molecule has 0 amide bonds. The first-order valence-corrected chi connectivity index (χ1v) is 5.87. The maximum atomic E-state index is 11.6. The van der Waals surface area contributed by atoms with Crippen molar-refractivity contribution >= 4 is 11.5 Å². The lowest BCUT2D eigenvalue weighted by Crippen LogP contribution is -2.34. The zero-order valence-corrected chi connectivity index (χ0v) is 10.7. The van der Waals surface area contributed by atoms with Crippen LogP contribution in [0.3, 0.4) is 0 Å². The van der Waals surface area contributed by atoms with E-state index in [1.54, 1.807) is 6.92 Å². The molecule has 0 radical (unpaired) electrons. The number of rotatable bonds is 5. The van der Waals surface area contributed by atoms with E-state index in [-0.39, 0.29) is 11.5 Å². The quantitative estimate of drug-likeness (QED) is 0.657. The molecule has 0 saturated heterocycles. The third-order valence-electron chi connectivity index (χ3n) is 2.51. The molecule has 0 aromatic carbocycles. The van der Waals surface area contributed by atoms with Gasteiger partial charge < -0.3 is 11.1 Å². The highest BCUT2D eigenvalue weighted by atomic mass is 16.2. The number of anilines is 2. The Morgan fingerprint density at radius 2 is 2.17 bits per heavy atom. The van der Waals surface area contributed by atoms with E-state index in [0.29, 0.717) is 13.1 Å². The van der Waals surface area contributed by atoms with Gasteiger partial charge in [0, 0.05) is 6.54 Å². The molecule has 0 aliphatic rings. The number of unbranched alkanes of at least 4 members (excludes halogenated alkanes) is 1. The van der Waals surface area contributed by atoms with Crippen molar-refractivity contribution < 1.29 is 0 Å². The maximum absolute atomic E-state index is 11.6. The average Bonchev–Trinajstić information content (AvgIpc) is 2.33. The van der Waals surface area contributed by atoms with E-state index in [9.17, 15) is 9.59 Å². The number of hydrogen-bond donors (Lipinski definition) is 3. The molecule has 0 saturated carbocycles. The summed E-state index contributed by atoms with van der Waals surface area (Å²) < 4.78 is 1.37. The summed E-state index contributed by atoms with van der Waals surface area (Å²) >= 11 is 0. The SMILES string of the molecule is CC#CCNc1c(N)n(CCCC)c(=O)[nH]c1=O. The van der Waals surface area contributed by atoms with Gasteiger partial charge in [-0.2, -0.15) is 0 Å². The van der Waals surface area contributed by atoms with Gasteiger partial charge in [-0.25, -0.2) is 4.79 Å². The standard InChI is InChI=1S/C12H18N4O2/c1-3-5-7-14-9-10(13)16(8-6-4-2)12(18)15-11(9)17/h14H,4,6-8,13H2,1-2H3,(H,15,17,18). The summed E-state index contributed by atoms with van der Waals surface area (Å²) in [5.41, 5.74) is 5.06. The highest BCUT2D eigenvalue weighted by Crippen LogP contribution is 2.10. The van der Waals surface area contributed by atoms with Gasteiger partial charge in [-0.3, -0.25) is 14.3 Å². The number of H-pyrrole nitrogens is 1. The van der Waals surface area contributed by atoms with Crippen LogP contribution in [-0.4, -0.2) is 16.1 Å². The van der Waals surface area contributed by atoms with E-state index >= 15 is 0 Å². The molecule has 18 heavy (non-hydrogen) atoms. The van der Waals surface area contributed by atoms with Gasteiger partial charge in [0.2, 0.25) is 0 Å². The summed E-state index contributed by atoms with van der Waals surface area (Å²) in [6.45, 7) is 4.53. The third-order valence-corrected chi connectivity index (χ3v) is 2.51. The van der Waals surface area contributed by atoms with Crippen LogP contribution in [0, 0.1) is 11.8 Å². The van der Waals surface area contributed by atoms with Crippen molar-refractivity contribution in [3.63, 3.8) is 0 Å². The Hall–Kier alpha value is -2.16. The predicted molar refractivity (Wildman–Crippen MR) is 72.6 cm³/mol. The first-order valence-electron chi connectivity index (χ1n) is 5.87. The molecule has 4 N–H and O–H groups in total. The molecule has 1 heterocycles. The van der Waals surface area contributed by atoms with E-state index in [0.717, 1.165) is 12.8 Å². The monoisotopic (exact) mass is 250 g/mol. The van der Waals surface area contributed by atoms with Crippen LogP contribution in [0.1, 0.15) is 26.7 Å². The Labute approximate surface area is 105 Å². The molecule has 0 unspecified atom stereocenters. The molecule has 0 aliphatic carbocycles. The normalized spacial score (nSPS) is 9.67. The zero-order valence-electron chi connectivity index (χ0n) is 10.7. The molecule has 0 fully saturated rings. The van der Waals surface area contributed by atoms with Gasteiger partial charge in [-0.15, -0.1) is 5.92 Å². The lowest BCUT2D eigenvalue weighted by atomic mass is 10.3. The van der Waals surface area contributed by atoms with Crippen molar-refractivity contribution in [3.8, 4) is 11.8 Å². The van der Waals surface area contributed by atoms with Gasteiger partial charge in [0.05, 0.1) is 6.54 Å². The molecule has 6 nitrogen and oxygen atoms in total. The fourth-order valence-corrected chi connectivity index (χ4v) is 1.52. The number of nitrogens with zero attached hydrogens (tertiary/aromatic N) is 1. The molecule has 1 aromatic rings. The van der Waals surface area contributed by atoms with Gasteiger partial charge in [-0.1, -0.05) is 19.3 Å². The van der Waals surface area contributed by atoms with Gasteiger partial charge in [0.15, 0.2) is 0 Å². The van der Waals surface area contributed by atoms with Crippen molar-refractivity contribution in [3.05, 3.63) is 20.8 Å².